The molecule has 1 aliphatic heterocycles. The predicted octanol–water partition coefficient (Wildman–Crippen LogP) is 7.16. The monoisotopic (exact) mass is 558 g/mol. The molecule has 3 aromatic carbocycles. The normalized spacial score (nSPS) is 14.3. The van der Waals surface area contributed by atoms with Gasteiger partial charge in [0.05, 0.1) is 18.9 Å². The van der Waals surface area contributed by atoms with E-state index in [9.17, 15) is 0 Å². The SMILES string of the molecule is CC(C)(C)[Si]OC(c1ccccc1)(c1ccccc1)c1c(N)cccc1-c1ncnc2[nH]c(C3=CCOCC3)cc12. The summed E-state index contributed by atoms with van der Waals surface area (Å²) in [7, 11) is 0.194. The van der Waals surface area contributed by atoms with Crippen molar-refractivity contribution in [2.24, 2.45) is 0 Å². The Hall–Kier alpha value is -4.04. The van der Waals surface area contributed by atoms with Gasteiger partial charge in [-0.05, 0) is 40.3 Å². The van der Waals surface area contributed by atoms with Crippen molar-refractivity contribution in [2.45, 2.75) is 37.8 Å². The van der Waals surface area contributed by atoms with E-state index in [1.807, 2.05) is 24.3 Å². The van der Waals surface area contributed by atoms with E-state index in [0.717, 1.165) is 51.1 Å². The van der Waals surface area contributed by atoms with E-state index in [4.69, 9.17) is 19.9 Å². The number of aromatic amines is 1. The van der Waals surface area contributed by atoms with Crippen LogP contribution in [0.3, 0.4) is 0 Å². The van der Waals surface area contributed by atoms with Gasteiger partial charge in [-0.2, -0.15) is 0 Å². The van der Waals surface area contributed by atoms with Gasteiger partial charge in [-0.1, -0.05) is 99.6 Å². The summed E-state index contributed by atoms with van der Waals surface area (Å²) in [6, 6.07) is 29.0. The van der Waals surface area contributed by atoms with Crippen LogP contribution < -0.4 is 5.73 Å². The molecule has 0 saturated carbocycles. The third-order valence-electron chi connectivity index (χ3n) is 7.31. The number of nitrogens with zero attached hydrogens (tertiary/aromatic N) is 2. The number of hydrogen-bond donors (Lipinski definition) is 2. The van der Waals surface area contributed by atoms with E-state index in [2.05, 4.69) is 97.5 Å². The van der Waals surface area contributed by atoms with Crippen LogP contribution in [-0.2, 0) is 14.8 Å². The number of anilines is 1. The minimum Gasteiger partial charge on any atom is -0.400 e. The fraction of sp³-hybridized carbons (Fsp3) is 0.235. The van der Waals surface area contributed by atoms with Gasteiger partial charge in [0.2, 0.25) is 9.76 Å². The van der Waals surface area contributed by atoms with Crippen LogP contribution in [-0.4, -0.2) is 37.9 Å². The van der Waals surface area contributed by atoms with Gasteiger partial charge in [0.25, 0.3) is 0 Å². The quantitative estimate of drug-likeness (QED) is 0.126. The second-order valence-corrected chi connectivity index (χ2v) is 13.3. The lowest BCUT2D eigenvalue weighted by Gasteiger charge is -2.39. The molecule has 0 aliphatic carbocycles. The Kier molecular flexibility index (Phi) is 7.34. The van der Waals surface area contributed by atoms with Crippen molar-refractivity contribution in [3.63, 3.8) is 0 Å². The molecule has 7 heteroatoms. The third kappa shape index (κ3) is 5.24. The van der Waals surface area contributed by atoms with Crippen LogP contribution in [0.2, 0.25) is 5.04 Å². The van der Waals surface area contributed by atoms with Gasteiger partial charge in [-0.25, -0.2) is 9.97 Å². The lowest BCUT2D eigenvalue weighted by molar-refractivity contribution is 0.158. The van der Waals surface area contributed by atoms with Crippen LogP contribution in [0.5, 0.6) is 0 Å². The fourth-order valence-corrected chi connectivity index (χ4v) is 6.26. The Balaban J connectivity index is 1.65. The summed E-state index contributed by atoms with van der Waals surface area (Å²) in [4.78, 5) is 13.0. The van der Waals surface area contributed by atoms with E-state index in [-0.39, 0.29) is 14.8 Å². The highest BCUT2D eigenvalue weighted by atomic mass is 28.2. The molecule has 6 nitrogen and oxygen atoms in total. The summed E-state index contributed by atoms with van der Waals surface area (Å²) in [5.74, 6) is 0. The molecule has 206 valence electrons. The van der Waals surface area contributed by atoms with Crippen molar-refractivity contribution < 1.29 is 9.16 Å². The summed E-state index contributed by atoms with van der Waals surface area (Å²) < 4.78 is 12.7. The number of H-pyrrole nitrogens is 1. The zero-order chi connectivity index (χ0) is 28.5. The molecule has 0 bridgehead atoms. The maximum Gasteiger partial charge on any atom is 0.237 e. The lowest BCUT2D eigenvalue weighted by Crippen LogP contribution is -2.37. The van der Waals surface area contributed by atoms with Gasteiger partial charge in [-0.15, -0.1) is 0 Å². The highest BCUT2D eigenvalue weighted by Crippen LogP contribution is 2.48. The maximum absolute atomic E-state index is 7.18. The van der Waals surface area contributed by atoms with Gasteiger partial charge in [0, 0.05) is 27.9 Å². The Morgan fingerprint density at radius 3 is 2.24 bits per heavy atom. The molecule has 5 aromatic rings. The van der Waals surface area contributed by atoms with E-state index >= 15 is 0 Å². The molecule has 0 spiro atoms. The standard InChI is InChI=1S/C34H34N4O2Si/c1-33(2,3)41-40-34(24-11-6-4-7-12-24,25-13-8-5-9-14-25)30-26(15-10-16-28(30)35)31-27-21-29(23-17-19-39-20-18-23)38-32(27)37-22-36-31/h4-17,21-22H,18-20,35H2,1-3H3,(H,36,37,38). The van der Waals surface area contributed by atoms with Crippen molar-refractivity contribution in [1.82, 2.24) is 15.0 Å². The molecule has 0 unspecified atom stereocenters. The first kappa shape index (κ1) is 27.1. The number of fused-ring (bicyclic) bond motifs is 1. The highest BCUT2D eigenvalue weighted by molar-refractivity contribution is 6.32. The number of ether oxygens (including phenoxy) is 1. The van der Waals surface area contributed by atoms with Crippen LogP contribution in [0.1, 0.15) is 49.6 Å². The topological polar surface area (TPSA) is 86.0 Å². The maximum atomic E-state index is 7.18. The van der Waals surface area contributed by atoms with Gasteiger partial charge in [0.1, 0.15) is 17.6 Å². The third-order valence-corrected chi connectivity index (χ3v) is 8.33. The first-order chi connectivity index (χ1) is 19.9. The number of nitrogens with one attached hydrogen (secondary N) is 1. The van der Waals surface area contributed by atoms with Crippen LogP contribution in [0.25, 0.3) is 27.9 Å². The predicted molar refractivity (Wildman–Crippen MR) is 166 cm³/mol. The molecule has 0 fully saturated rings. The molecule has 3 N–H and O–H groups in total. The molecule has 41 heavy (non-hydrogen) atoms. The number of rotatable bonds is 7. The molecular weight excluding hydrogens is 524 g/mol. The first-order valence-corrected chi connectivity index (χ1v) is 14.8. The zero-order valence-electron chi connectivity index (χ0n) is 23.6. The Bertz CT molecular complexity index is 1650. The van der Waals surface area contributed by atoms with Crippen molar-refractivity contribution in [3.8, 4) is 11.3 Å². The summed E-state index contributed by atoms with van der Waals surface area (Å²) in [5.41, 5.74) is 14.3. The first-order valence-electron chi connectivity index (χ1n) is 13.9. The molecular formula is C34H34N4O2Si. The number of benzene rings is 3. The molecule has 2 radical (unpaired) electrons. The molecule has 2 aromatic heterocycles. The van der Waals surface area contributed by atoms with Gasteiger partial charge in [-0.3, -0.25) is 0 Å². The molecule has 0 saturated heterocycles. The summed E-state index contributed by atoms with van der Waals surface area (Å²) in [6.45, 7) is 7.91. The lowest BCUT2D eigenvalue weighted by atomic mass is 9.77. The zero-order valence-corrected chi connectivity index (χ0v) is 24.6. The number of aromatic nitrogens is 3. The minimum absolute atomic E-state index is 0.0618. The van der Waals surface area contributed by atoms with E-state index < -0.39 is 5.60 Å². The van der Waals surface area contributed by atoms with Gasteiger partial charge in [0.15, 0.2) is 0 Å². The molecule has 3 heterocycles. The van der Waals surface area contributed by atoms with Crippen molar-refractivity contribution in [1.29, 1.82) is 0 Å². The Morgan fingerprint density at radius 2 is 1.61 bits per heavy atom. The van der Waals surface area contributed by atoms with E-state index in [0.29, 0.717) is 18.9 Å². The molecule has 6 rings (SSSR count). The summed E-state index contributed by atoms with van der Waals surface area (Å²) in [6.07, 6.45) is 4.60. The second-order valence-electron chi connectivity index (χ2n) is 11.4. The fourth-order valence-electron chi connectivity index (χ4n) is 5.46. The van der Waals surface area contributed by atoms with Crippen molar-refractivity contribution in [2.75, 3.05) is 18.9 Å². The smallest absolute Gasteiger partial charge is 0.237 e. The van der Waals surface area contributed by atoms with E-state index in [1.165, 1.54) is 5.57 Å². The van der Waals surface area contributed by atoms with Crippen molar-refractivity contribution in [3.05, 3.63) is 120 Å². The number of nitrogen functional groups attached to an aromatic ring is 1. The van der Waals surface area contributed by atoms with Crippen LogP contribution in [0, 0.1) is 0 Å². The average Bonchev–Trinajstić information content (AvgIpc) is 3.44. The highest BCUT2D eigenvalue weighted by Gasteiger charge is 2.42. The van der Waals surface area contributed by atoms with Crippen LogP contribution in [0.15, 0.2) is 97.3 Å². The largest absolute Gasteiger partial charge is 0.400 e. The van der Waals surface area contributed by atoms with Crippen LogP contribution >= 0.6 is 0 Å². The van der Waals surface area contributed by atoms with Gasteiger partial charge < -0.3 is 19.9 Å². The van der Waals surface area contributed by atoms with Crippen molar-refractivity contribution >= 4 is 32.1 Å². The Labute approximate surface area is 243 Å². The Morgan fingerprint density at radius 1 is 0.902 bits per heavy atom. The minimum atomic E-state index is -0.978. The van der Waals surface area contributed by atoms with Crippen LogP contribution in [0.4, 0.5) is 5.69 Å². The summed E-state index contributed by atoms with van der Waals surface area (Å²) in [5, 5.41) is 0.878. The second kappa shape index (κ2) is 11.1. The molecule has 0 amide bonds. The molecule has 1 aliphatic rings. The average molecular weight is 559 g/mol. The number of hydrogen-bond acceptors (Lipinski definition) is 5. The van der Waals surface area contributed by atoms with E-state index in [1.54, 1.807) is 6.33 Å². The molecule has 0 atom stereocenters. The van der Waals surface area contributed by atoms with Gasteiger partial charge >= 0.3 is 0 Å². The summed E-state index contributed by atoms with van der Waals surface area (Å²) >= 11 is 0. The number of nitrogens with two attached hydrogens (primary N) is 1.